The summed E-state index contributed by atoms with van der Waals surface area (Å²) >= 11 is 0. The third-order valence-corrected chi connectivity index (χ3v) is 4.04. The van der Waals surface area contributed by atoms with E-state index in [1.165, 1.54) is 0 Å². The van der Waals surface area contributed by atoms with Gasteiger partial charge in [0, 0.05) is 0 Å². The second kappa shape index (κ2) is 5.06. The molecule has 0 aliphatic carbocycles. The normalized spacial score (nSPS) is 12.8. The molecule has 1 rings (SSSR count). The maximum absolute atomic E-state index is 11.8. The van der Waals surface area contributed by atoms with Gasteiger partial charge in [0.05, 0.1) is 17.4 Å². The van der Waals surface area contributed by atoms with E-state index in [1.807, 2.05) is 6.92 Å². The van der Waals surface area contributed by atoms with Gasteiger partial charge in [-0.2, -0.15) is 5.26 Å². The van der Waals surface area contributed by atoms with Crippen LogP contribution in [-0.4, -0.2) is 13.7 Å². The lowest BCUT2D eigenvalue weighted by Crippen LogP contribution is -2.26. The molecule has 0 bridgehead atoms. The van der Waals surface area contributed by atoms with Crippen LogP contribution in [0.15, 0.2) is 18.2 Å². The smallest absolute Gasteiger partial charge is 0.249 e. The van der Waals surface area contributed by atoms with Crippen molar-refractivity contribution in [2.45, 2.75) is 25.5 Å². The van der Waals surface area contributed by atoms with Crippen molar-refractivity contribution < 1.29 is 8.42 Å². The summed E-state index contributed by atoms with van der Waals surface area (Å²) < 4.78 is 26.0. The molecule has 6 heteroatoms. The number of nitrogens with one attached hydrogen (secondary N) is 1. The number of hydrogen-bond acceptors (Lipinski definition) is 4. The highest BCUT2D eigenvalue weighted by Crippen LogP contribution is 2.22. The van der Waals surface area contributed by atoms with E-state index in [-0.39, 0.29) is 6.42 Å². The van der Waals surface area contributed by atoms with E-state index < -0.39 is 15.3 Å². The van der Waals surface area contributed by atoms with Gasteiger partial charge in [-0.05, 0) is 31.0 Å². The minimum atomic E-state index is -3.70. The molecule has 1 aromatic rings. The van der Waals surface area contributed by atoms with Crippen molar-refractivity contribution in [3.63, 3.8) is 0 Å². The molecule has 92 valence electrons. The molecule has 0 saturated heterocycles. The lowest BCUT2D eigenvalue weighted by Gasteiger charge is -2.13. The van der Waals surface area contributed by atoms with Crippen LogP contribution in [0.3, 0.4) is 0 Å². The number of anilines is 2. The van der Waals surface area contributed by atoms with E-state index in [0.29, 0.717) is 11.4 Å². The quantitative estimate of drug-likeness (QED) is 0.797. The van der Waals surface area contributed by atoms with Gasteiger partial charge in [0.1, 0.15) is 0 Å². The number of nitrogens with zero attached hydrogens (tertiary/aromatic N) is 1. The number of benzene rings is 1. The minimum Gasteiger partial charge on any atom is -0.397 e. The zero-order valence-corrected chi connectivity index (χ0v) is 10.6. The first-order valence-electron chi connectivity index (χ1n) is 5.18. The Bertz CT molecular complexity index is 546. The molecule has 0 aliphatic rings. The number of aryl methyl sites for hydroxylation is 1. The first kappa shape index (κ1) is 13.3. The standard InChI is InChI=1S/C11H15N3O2S/c1-3-9(7-12)17(15,16)14-11-5-4-8(2)6-10(11)13/h4-6,9,14H,3,13H2,1-2H3. The molecule has 1 aromatic carbocycles. The van der Waals surface area contributed by atoms with E-state index in [0.717, 1.165) is 5.56 Å². The van der Waals surface area contributed by atoms with Crippen molar-refractivity contribution in [2.24, 2.45) is 0 Å². The van der Waals surface area contributed by atoms with Crippen molar-refractivity contribution in [2.75, 3.05) is 10.5 Å². The van der Waals surface area contributed by atoms with Gasteiger partial charge in [-0.25, -0.2) is 8.42 Å². The third-order valence-electron chi connectivity index (χ3n) is 2.35. The maximum atomic E-state index is 11.8. The second-order valence-electron chi connectivity index (χ2n) is 3.76. The number of nitrogens with two attached hydrogens (primary N) is 1. The molecule has 3 N–H and O–H groups in total. The topological polar surface area (TPSA) is 96.0 Å². The van der Waals surface area contributed by atoms with Crippen molar-refractivity contribution in [1.82, 2.24) is 0 Å². The van der Waals surface area contributed by atoms with Crippen molar-refractivity contribution >= 4 is 21.4 Å². The van der Waals surface area contributed by atoms with E-state index in [9.17, 15) is 8.42 Å². The van der Waals surface area contributed by atoms with Gasteiger partial charge in [-0.1, -0.05) is 13.0 Å². The molecule has 0 aliphatic heterocycles. The molecule has 17 heavy (non-hydrogen) atoms. The first-order valence-corrected chi connectivity index (χ1v) is 6.72. The fraction of sp³-hybridized carbons (Fsp3) is 0.364. The SMILES string of the molecule is CCC(C#N)S(=O)(=O)Nc1ccc(C)cc1N. The summed E-state index contributed by atoms with van der Waals surface area (Å²) in [4.78, 5) is 0. The Morgan fingerprint density at radius 2 is 2.18 bits per heavy atom. The van der Waals surface area contributed by atoms with Gasteiger partial charge in [-0.3, -0.25) is 4.72 Å². The molecule has 1 atom stereocenters. The summed E-state index contributed by atoms with van der Waals surface area (Å²) in [5.41, 5.74) is 7.30. The second-order valence-corrected chi connectivity index (χ2v) is 5.63. The molecule has 0 heterocycles. The Labute approximate surface area is 101 Å². The highest BCUT2D eigenvalue weighted by atomic mass is 32.2. The monoisotopic (exact) mass is 253 g/mol. The predicted octanol–water partition coefficient (Wildman–Crippen LogP) is 1.62. The molecular formula is C11H15N3O2S. The Morgan fingerprint density at radius 1 is 1.53 bits per heavy atom. The summed E-state index contributed by atoms with van der Waals surface area (Å²) in [7, 11) is -3.70. The van der Waals surface area contributed by atoms with Crippen molar-refractivity contribution in [1.29, 1.82) is 5.26 Å². The summed E-state index contributed by atoms with van der Waals surface area (Å²) in [5.74, 6) is 0. The Morgan fingerprint density at radius 3 is 2.65 bits per heavy atom. The fourth-order valence-corrected chi connectivity index (χ4v) is 2.59. The van der Waals surface area contributed by atoms with Crippen LogP contribution in [0.2, 0.25) is 0 Å². The average molecular weight is 253 g/mol. The molecule has 0 fully saturated rings. The van der Waals surface area contributed by atoms with Gasteiger partial charge in [0.15, 0.2) is 5.25 Å². The predicted molar refractivity (Wildman–Crippen MR) is 67.8 cm³/mol. The van der Waals surface area contributed by atoms with Gasteiger partial charge < -0.3 is 5.73 Å². The van der Waals surface area contributed by atoms with Crippen molar-refractivity contribution in [3.8, 4) is 6.07 Å². The van der Waals surface area contributed by atoms with Crippen LogP contribution in [0.4, 0.5) is 11.4 Å². The number of rotatable bonds is 4. The van der Waals surface area contributed by atoms with Gasteiger partial charge >= 0.3 is 0 Å². The molecular weight excluding hydrogens is 238 g/mol. The van der Waals surface area contributed by atoms with Crippen LogP contribution in [0, 0.1) is 18.3 Å². The highest BCUT2D eigenvalue weighted by molar-refractivity contribution is 7.93. The molecule has 0 saturated carbocycles. The fourth-order valence-electron chi connectivity index (χ4n) is 1.38. The molecule has 0 radical (unpaired) electrons. The lowest BCUT2D eigenvalue weighted by molar-refractivity contribution is 0.593. The van der Waals surface area contributed by atoms with Crippen LogP contribution in [-0.2, 0) is 10.0 Å². The van der Waals surface area contributed by atoms with Crippen LogP contribution in [0.5, 0.6) is 0 Å². The first-order chi connectivity index (χ1) is 7.90. The highest BCUT2D eigenvalue weighted by Gasteiger charge is 2.23. The maximum Gasteiger partial charge on any atom is 0.249 e. The van der Waals surface area contributed by atoms with Crippen LogP contribution in [0.1, 0.15) is 18.9 Å². The minimum absolute atomic E-state index is 0.234. The number of sulfonamides is 1. The van der Waals surface area contributed by atoms with E-state index >= 15 is 0 Å². The summed E-state index contributed by atoms with van der Waals surface area (Å²) in [6.07, 6.45) is 0.234. The molecule has 5 nitrogen and oxygen atoms in total. The molecule has 0 spiro atoms. The number of nitrogen functional groups attached to an aromatic ring is 1. The largest absolute Gasteiger partial charge is 0.397 e. The van der Waals surface area contributed by atoms with Gasteiger partial charge in [0.25, 0.3) is 0 Å². The van der Waals surface area contributed by atoms with Crippen molar-refractivity contribution in [3.05, 3.63) is 23.8 Å². The van der Waals surface area contributed by atoms with Crippen LogP contribution >= 0.6 is 0 Å². The van der Waals surface area contributed by atoms with E-state index in [4.69, 9.17) is 11.0 Å². The third kappa shape index (κ3) is 3.11. The molecule has 1 unspecified atom stereocenters. The average Bonchev–Trinajstić information content (AvgIpc) is 2.23. The summed E-state index contributed by atoms with van der Waals surface area (Å²) in [6, 6.07) is 6.76. The zero-order chi connectivity index (χ0) is 13.1. The van der Waals surface area contributed by atoms with Crippen LogP contribution in [0.25, 0.3) is 0 Å². The zero-order valence-electron chi connectivity index (χ0n) is 9.77. The Hall–Kier alpha value is -1.74. The number of nitriles is 1. The van der Waals surface area contributed by atoms with Gasteiger partial charge in [-0.15, -0.1) is 0 Å². The Balaban J connectivity index is 3.03. The van der Waals surface area contributed by atoms with Gasteiger partial charge in [0.2, 0.25) is 10.0 Å². The Kier molecular flexibility index (Phi) is 3.97. The van der Waals surface area contributed by atoms with E-state index in [2.05, 4.69) is 4.72 Å². The molecule has 0 aromatic heterocycles. The molecule has 0 amide bonds. The number of hydrogen-bond donors (Lipinski definition) is 2. The summed E-state index contributed by atoms with van der Waals surface area (Å²) in [6.45, 7) is 3.50. The summed E-state index contributed by atoms with van der Waals surface area (Å²) in [5, 5.41) is 7.69. The lowest BCUT2D eigenvalue weighted by atomic mass is 10.2. The van der Waals surface area contributed by atoms with Crippen LogP contribution < -0.4 is 10.5 Å². The van der Waals surface area contributed by atoms with E-state index in [1.54, 1.807) is 31.2 Å².